The molecule has 0 saturated carbocycles. The summed E-state index contributed by atoms with van der Waals surface area (Å²) in [4.78, 5) is 11.0. The molecule has 1 aromatic rings. The number of ketones is 1. The van der Waals surface area contributed by atoms with Gasteiger partial charge in [-0.25, -0.2) is 16.8 Å². The normalized spacial score (nSPS) is 12.1. The van der Waals surface area contributed by atoms with E-state index in [4.69, 9.17) is 0 Å². The second kappa shape index (κ2) is 5.07. The summed E-state index contributed by atoms with van der Waals surface area (Å²) in [6, 6.07) is 5.72. The Morgan fingerprint density at radius 3 is 2.00 bits per heavy atom. The quantitative estimate of drug-likeness (QED) is 0.803. The van der Waals surface area contributed by atoms with E-state index in [9.17, 15) is 21.6 Å². The number of carbonyl (C=O) groups excluding carboxylic acids is 1. The largest absolute Gasteiger partial charge is 0.295 e. The summed E-state index contributed by atoms with van der Waals surface area (Å²) in [7, 11) is -7.58. The smallest absolute Gasteiger partial charge is 0.247 e. The Morgan fingerprint density at radius 2 is 1.61 bits per heavy atom. The molecule has 100 valence electrons. The highest BCUT2D eigenvalue weighted by Gasteiger charge is 2.17. The number of hydrogen-bond donors (Lipinski definition) is 1. The molecule has 6 nitrogen and oxygen atoms in total. The molecule has 0 fully saturated rings. The Balaban J connectivity index is 2.88. The second-order valence-corrected chi connectivity index (χ2v) is 8.12. The van der Waals surface area contributed by atoms with Gasteiger partial charge in [-0.3, -0.25) is 9.52 Å². The predicted molar refractivity (Wildman–Crippen MR) is 68.7 cm³/mol. The maximum Gasteiger partial charge on any atom is 0.247 e. The molecule has 1 rings (SSSR count). The lowest BCUT2D eigenvalue weighted by molar-refractivity contribution is 0.101. The number of benzene rings is 1. The lowest BCUT2D eigenvalue weighted by Crippen LogP contribution is -2.22. The van der Waals surface area contributed by atoms with E-state index in [0.717, 1.165) is 6.26 Å². The topological polar surface area (TPSA) is 97.4 Å². The van der Waals surface area contributed by atoms with Crippen molar-refractivity contribution in [2.75, 3.05) is 16.1 Å². The minimum Gasteiger partial charge on any atom is -0.295 e. The van der Waals surface area contributed by atoms with Gasteiger partial charge in [0.15, 0.2) is 20.7 Å². The molecule has 0 radical (unpaired) electrons. The number of carbonyl (C=O) groups is 1. The van der Waals surface area contributed by atoms with Gasteiger partial charge in [0.25, 0.3) is 0 Å². The van der Waals surface area contributed by atoms with Gasteiger partial charge < -0.3 is 0 Å². The molecular formula is C10H13NO5S2. The first-order chi connectivity index (χ1) is 8.09. The molecule has 0 atom stereocenters. The number of rotatable bonds is 5. The summed E-state index contributed by atoms with van der Waals surface area (Å²) >= 11 is 0. The molecule has 0 saturated heterocycles. The Bertz CT molecular complexity index is 644. The number of sulfone groups is 1. The molecule has 0 unspecified atom stereocenters. The monoisotopic (exact) mass is 291 g/mol. The van der Waals surface area contributed by atoms with Crippen molar-refractivity contribution in [3.8, 4) is 0 Å². The number of nitrogens with one attached hydrogen (secondary N) is 1. The fraction of sp³-hybridized carbons (Fsp3) is 0.300. The molecule has 0 amide bonds. The van der Waals surface area contributed by atoms with Gasteiger partial charge in [-0.15, -0.1) is 0 Å². The van der Waals surface area contributed by atoms with Gasteiger partial charge in [-0.1, -0.05) is 0 Å². The zero-order chi connectivity index (χ0) is 14.0. The molecule has 18 heavy (non-hydrogen) atoms. The van der Waals surface area contributed by atoms with Gasteiger partial charge in [0.05, 0.1) is 0 Å². The SMILES string of the molecule is CC(=O)c1ccc(NS(=O)(=O)CS(C)(=O)=O)cc1. The van der Waals surface area contributed by atoms with Gasteiger partial charge in [-0.05, 0) is 31.2 Å². The van der Waals surface area contributed by atoms with E-state index in [1.54, 1.807) is 0 Å². The second-order valence-electron chi connectivity index (χ2n) is 3.89. The number of sulfonamides is 1. The highest BCUT2D eigenvalue weighted by atomic mass is 32.3. The molecule has 0 aliphatic heterocycles. The van der Waals surface area contributed by atoms with Crippen LogP contribution in [0.3, 0.4) is 0 Å². The molecule has 0 bridgehead atoms. The van der Waals surface area contributed by atoms with E-state index < -0.39 is 24.9 Å². The van der Waals surface area contributed by atoms with Crippen molar-refractivity contribution < 1.29 is 21.6 Å². The Labute approximate surface area is 106 Å². The molecular weight excluding hydrogens is 278 g/mol. The summed E-state index contributed by atoms with van der Waals surface area (Å²) in [6.45, 7) is 1.39. The van der Waals surface area contributed by atoms with Gasteiger partial charge in [0.2, 0.25) is 10.0 Å². The van der Waals surface area contributed by atoms with Crippen molar-refractivity contribution in [1.29, 1.82) is 0 Å². The van der Waals surface area contributed by atoms with Crippen molar-refractivity contribution in [2.45, 2.75) is 6.92 Å². The van der Waals surface area contributed by atoms with Crippen LogP contribution in [0, 0.1) is 0 Å². The lowest BCUT2D eigenvalue weighted by Gasteiger charge is -2.07. The van der Waals surface area contributed by atoms with Crippen molar-refractivity contribution in [3.63, 3.8) is 0 Å². The van der Waals surface area contributed by atoms with Crippen LogP contribution in [0.4, 0.5) is 5.69 Å². The van der Waals surface area contributed by atoms with Gasteiger partial charge in [0, 0.05) is 17.5 Å². The molecule has 0 aromatic heterocycles. The zero-order valence-electron chi connectivity index (χ0n) is 9.87. The average molecular weight is 291 g/mol. The average Bonchev–Trinajstić information content (AvgIpc) is 2.13. The first-order valence-corrected chi connectivity index (χ1v) is 8.59. The molecule has 1 aromatic carbocycles. The van der Waals surface area contributed by atoms with E-state index in [1.165, 1.54) is 31.2 Å². The van der Waals surface area contributed by atoms with Crippen molar-refractivity contribution >= 4 is 31.3 Å². The third-order valence-electron chi connectivity index (χ3n) is 1.93. The molecule has 1 N–H and O–H groups in total. The first kappa shape index (κ1) is 14.7. The first-order valence-electron chi connectivity index (χ1n) is 4.88. The summed E-state index contributed by atoms with van der Waals surface area (Å²) < 4.78 is 46.9. The Morgan fingerprint density at radius 1 is 1.11 bits per heavy atom. The minimum atomic E-state index is -3.95. The van der Waals surface area contributed by atoms with Gasteiger partial charge in [-0.2, -0.15) is 0 Å². The van der Waals surface area contributed by atoms with Crippen LogP contribution < -0.4 is 4.72 Å². The van der Waals surface area contributed by atoms with Crippen molar-refractivity contribution in [1.82, 2.24) is 0 Å². The van der Waals surface area contributed by atoms with E-state index in [1.807, 2.05) is 0 Å². The van der Waals surface area contributed by atoms with Crippen LogP contribution in [0.25, 0.3) is 0 Å². The maximum absolute atomic E-state index is 11.5. The fourth-order valence-corrected chi connectivity index (χ4v) is 4.25. The molecule has 0 aliphatic carbocycles. The standard InChI is InChI=1S/C10H13NO5S2/c1-8(12)9-3-5-10(6-4-9)11-18(15,16)7-17(2,13)14/h3-6,11H,7H2,1-2H3. The third-order valence-corrected chi connectivity index (χ3v) is 5.43. The van der Waals surface area contributed by atoms with Gasteiger partial charge in [0.1, 0.15) is 0 Å². The predicted octanol–water partition coefficient (Wildman–Crippen LogP) is 0.633. The number of hydrogen-bond acceptors (Lipinski definition) is 5. The van der Waals surface area contributed by atoms with Crippen LogP contribution in [-0.2, 0) is 19.9 Å². The fourth-order valence-electron chi connectivity index (χ4n) is 1.26. The van der Waals surface area contributed by atoms with Crippen LogP contribution >= 0.6 is 0 Å². The highest BCUT2D eigenvalue weighted by Crippen LogP contribution is 2.12. The van der Waals surface area contributed by atoms with Crippen molar-refractivity contribution in [2.24, 2.45) is 0 Å². The summed E-state index contributed by atoms with van der Waals surface area (Å²) in [6.07, 6.45) is 0.838. The maximum atomic E-state index is 11.5. The van der Waals surface area contributed by atoms with Crippen LogP contribution in [0.5, 0.6) is 0 Å². The number of Topliss-reactive ketones (excluding diaryl/α,β-unsaturated/α-hetero) is 1. The summed E-state index contributed by atoms with van der Waals surface area (Å²) in [5, 5.41) is -0.978. The summed E-state index contributed by atoms with van der Waals surface area (Å²) in [5.41, 5.74) is 0.657. The zero-order valence-corrected chi connectivity index (χ0v) is 11.5. The Kier molecular flexibility index (Phi) is 4.12. The minimum absolute atomic E-state index is 0.138. The van der Waals surface area contributed by atoms with E-state index in [0.29, 0.717) is 5.56 Å². The van der Waals surface area contributed by atoms with Crippen LogP contribution in [0.2, 0.25) is 0 Å². The molecule has 0 aliphatic rings. The Hall–Kier alpha value is -1.41. The van der Waals surface area contributed by atoms with Crippen LogP contribution in [0.15, 0.2) is 24.3 Å². The van der Waals surface area contributed by atoms with E-state index >= 15 is 0 Å². The molecule has 0 spiro atoms. The third kappa shape index (κ3) is 4.84. The van der Waals surface area contributed by atoms with E-state index in [2.05, 4.69) is 4.72 Å². The molecule has 8 heteroatoms. The van der Waals surface area contributed by atoms with E-state index in [-0.39, 0.29) is 11.5 Å². The van der Waals surface area contributed by atoms with Crippen LogP contribution in [0.1, 0.15) is 17.3 Å². The van der Waals surface area contributed by atoms with Crippen molar-refractivity contribution in [3.05, 3.63) is 29.8 Å². The highest BCUT2D eigenvalue weighted by molar-refractivity contribution is 8.08. The van der Waals surface area contributed by atoms with Gasteiger partial charge >= 0.3 is 0 Å². The summed E-state index contributed by atoms with van der Waals surface area (Å²) in [5.74, 6) is -0.138. The lowest BCUT2D eigenvalue weighted by atomic mass is 10.1. The number of anilines is 1. The molecule has 0 heterocycles. The van der Waals surface area contributed by atoms with Crippen LogP contribution in [-0.4, -0.2) is 34.0 Å².